The molecule has 1 N–H and O–H groups in total. The number of carboxylic acids is 1. The number of sulfonamides is 1. The van der Waals surface area contributed by atoms with Crippen LogP contribution in [0.15, 0.2) is 35.5 Å². The van der Waals surface area contributed by atoms with Crippen LogP contribution in [0.5, 0.6) is 0 Å². The molecule has 0 bridgehead atoms. The Kier molecular flexibility index (Phi) is 4.44. The predicted octanol–water partition coefficient (Wildman–Crippen LogP) is 0.546. The molecule has 26 heavy (non-hydrogen) atoms. The van der Waals surface area contributed by atoms with E-state index < -0.39 is 47.1 Å². The third-order valence-electron chi connectivity index (χ3n) is 4.09. The minimum atomic E-state index is -4.82. The first-order valence-electron chi connectivity index (χ1n) is 7.24. The fourth-order valence-electron chi connectivity index (χ4n) is 2.76. The molecule has 1 aromatic heterocycles. The van der Waals surface area contributed by atoms with Crippen molar-refractivity contribution in [2.45, 2.75) is 11.1 Å². The van der Waals surface area contributed by atoms with Gasteiger partial charge in [-0.05, 0) is 28.6 Å². The van der Waals surface area contributed by atoms with Crippen LogP contribution in [0.4, 0.5) is 13.2 Å². The molecule has 13 heteroatoms. The lowest BCUT2D eigenvalue weighted by Gasteiger charge is -2.18. The van der Waals surface area contributed by atoms with E-state index in [-0.39, 0.29) is 10.6 Å². The van der Waals surface area contributed by atoms with Gasteiger partial charge in [-0.3, -0.25) is 4.79 Å². The van der Waals surface area contributed by atoms with Crippen LogP contribution >= 0.6 is 0 Å². The lowest BCUT2D eigenvalue weighted by atomic mass is 9.96. The van der Waals surface area contributed by atoms with Gasteiger partial charge in [0.1, 0.15) is 6.33 Å². The van der Waals surface area contributed by atoms with Crippen molar-refractivity contribution < 1.29 is 31.5 Å². The van der Waals surface area contributed by atoms with E-state index in [2.05, 4.69) is 15.5 Å². The second kappa shape index (κ2) is 6.32. The molecule has 9 nitrogen and oxygen atoms in total. The number of aromatic nitrogens is 4. The van der Waals surface area contributed by atoms with Gasteiger partial charge in [0, 0.05) is 13.1 Å². The normalized spacial score (nSPS) is 21.8. The van der Waals surface area contributed by atoms with Crippen LogP contribution in [0, 0.1) is 11.8 Å². The van der Waals surface area contributed by atoms with Crippen molar-refractivity contribution in [2.24, 2.45) is 11.8 Å². The fraction of sp³-hybridized carbons (Fsp3) is 0.385. The summed E-state index contributed by atoms with van der Waals surface area (Å²) < 4.78 is 66.4. The van der Waals surface area contributed by atoms with Crippen LogP contribution in [0.1, 0.15) is 0 Å². The van der Waals surface area contributed by atoms with Gasteiger partial charge < -0.3 is 5.11 Å². The van der Waals surface area contributed by atoms with Crippen molar-refractivity contribution in [1.82, 2.24) is 24.5 Å². The molecule has 2 atom stereocenters. The SMILES string of the molecule is O=C(O)[C@@H]1CN(S(=O)(=O)c2cccc(-n3cnnn3)c2)C[C@H]1C(F)(F)F. The average molecular weight is 391 g/mol. The summed E-state index contributed by atoms with van der Waals surface area (Å²) in [6, 6.07) is 5.30. The summed E-state index contributed by atoms with van der Waals surface area (Å²) in [4.78, 5) is 10.9. The Hall–Kier alpha value is -2.54. The molecule has 0 radical (unpaired) electrons. The lowest BCUT2D eigenvalue weighted by molar-refractivity contribution is -0.187. The Bertz CT molecular complexity index is 916. The van der Waals surface area contributed by atoms with Crippen molar-refractivity contribution in [1.29, 1.82) is 0 Å². The monoisotopic (exact) mass is 391 g/mol. The van der Waals surface area contributed by atoms with Crippen molar-refractivity contribution in [3.63, 3.8) is 0 Å². The number of benzene rings is 1. The molecule has 1 aliphatic rings. The number of aliphatic carboxylic acids is 1. The standard InChI is InChI=1S/C13H12F3N5O4S/c14-13(15,16)11-6-20(5-10(11)12(22)23)26(24,25)9-3-1-2-8(4-9)21-7-17-18-19-21/h1-4,7,10-11H,5-6H2,(H,22,23)/t10-,11-/m1/s1. The number of halogens is 3. The Morgan fingerprint density at radius 1 is 1.27 bits per heavy atom. The van der Waals surface area contributed by atoms with Gasteiger partial charge in [-0.1, -0.05) is 6.07 Å². The summed E-state index contributed by atoms with van der Waals surface area (Å²) in [6.45, 7) is -1.70. The first-order valence-corrected chi connectivity index (χ1v) is 8.68. The number of alkyl halides is 3. The van der Waals surface area contributed by atoms with Crippen LogP contribution in [-0.2, 0) is 14.8 Å². The van der Waals surface area contributed by atoms with Gasteiger partial charge in [-0.15, -0.1) is 5.10 Å². The maximum Gasteiger partial charge on any atom is 0.393 e. The topological polar surface area (TPSA) is 118 Å². The molecular weight excluding hydrogens is 379 g/mol. The summed E-state index contributed by atoms with van der Waals surface area (Å²) in [5.74, 6) is -5.81. The summed E-state index contributed by atoms with van der Waals surface area (Å²) in [5.41, 5.74) is 0.289. The molecule has 0 aliphatic carbocycles. The highest BCUT2D eigenvalue weighted by molar-refractivity contribution is 7.89. The number of tetrazole rings is 1. The first kappa shape index (κ1) is 18.3. The Labute approximate surface area is 145 Å². The quantitative estimate of drug-likeness (QED) is 0.808. The van der Waals surface area contributed by atoms with Crippen molar-refractivity contribution in [3.05, 3.63) is 30.6 Å². The van der Waals surface area contributed by atoms with E-state index in [9.17, 15) is 26.4 Å². The number of carbonyl (C=O) groups is 1. The Balaban J connectivity index is 1.94. The summed E-state index contributed by atoms with van der Waals surface area (Å²) in [7, 11) is -4.32. The van der Waals surface area contributed by atoms with Gasteiger partial charge >= 0.3 is 12.1 Å². The minimum Gasteiger partial charge on any atom is -0.481 e. The molecule has 1 fully saturated rings. The molecule has 0 saturated carbocycles. The van der Waals surface area contributed by atoms with Crippen LogP contribution in [0.3, 0.4) is 0 Å². The summed E-state index contributed by atoms with van der Waals surface area (Å²) >= 11 is 0. The van der Waals surface area contributed by atoms with Gasteiger partial charge in [0.05, 0.1) is 22.4 Å². The summed E-state index contributed by atoms with van der Waals surface area (Å²) in [5, 5.41) is 19.5. The van der Waals surface area contributed by atoms with E-state index in [0.29, 0.717) is 4.31 Å². The molecule has 0 spiro atoms. The third kappa shape index (κ3) is 3.26. The highest BCUT2D eigenvalue weighted by Crippen LogP contribution is 2.39. The number of carboxylic acid groups (broad SMARTS) is 1. The fourth-order valence-corrected chi connectivity index (χ4v) is 4.29. The van der Waals surface area contributed by atoms with Crippen LogP contribution in [0.2, 0.25) is 0 Å². The van der Waals surface area contributed by atoms with Crippen molar-refractivity contribution in [3.8, 4) is 5.69 Å². The Morgan fingerprint density at radius 2 is 2.00 bits per heavy atom. The molecule has 140 valence electrons. The molecule has 0 amide bonds. The molecule has 2 aromatic rings. The van der Waals surface area contributed by atoms with Gasteiger partial charge in [0.2, 0.25) is 10.0 Å². The molecule has 2 heterocycles. The maximum absolute atomic E-state index is 13.1. The first-order chi connectivity index (χ1) is 12.1. The average Bonchev–Trinajstić information content (AvgIpc) is 3.24. The lowest BCUT2D eigenvalue weighted by Crippen LogP contribution is -2.34. The van der Waals surface area contributed by atoms with Crippen LogP contribution in [0.25, 0.3) is 5.69 Å². The van der Waals surface area contributed by atoms with Gasteiger partial charge in [0.15, 0.2) is 0 Å². The smallest absolute Gasteiger partial charge is 0.393 e. The van der Waals surface area contributed by atoms with Crippen molar-refractivity contribution in [2.75, 3.05) is 13.1 Å². The minimum absolute atomic E-state index is 0.280. The van der Waals surface area contributed by atoms with Crippen LogP contribution < -0.4 is 0 Å². The number of hydrogen-bond acceptors (Lipinski definition) is 6. The van der Waals surface area contributed by atoms with E-state index in [4.69, 9.17) is 5.11 Å². The number of nitrogens with zero attached hydrogens (tertiary/aromatic N) is 5. The molecule has 0 unspecified atom stereocenters. The predicted molar refractivity (Wildman–Crippen MR) is 78.6 cm³/mol. The largest absolute Gasteiger partial charge is 0.481 e. The van der Waals surface area contributed by atoms with Crippen LogP contribution in [-0.4, -0.2) is 63.3 Å². The molecule has 3 rings (SSSR count). The van der Waals surface area contributed by atoms with Gasteiger partial charge in [-0.2, -0.15) is 17.5 Å². The second-order valence-corrected chi connectivity index (χ2v) is 7.60. The highest BCUT2D eigenvalue weighted by atomic mass is 32.2. The number of hydrogen-bond donors (Lipinski definition) is 1. The van der Waals surface area contributed by atoms with E-state index in [0.717, 1.165) is 0 Å². The zero-order valence-corrected chi connectivity index (χ0v) is 13.7. The van der Waals surface area contributed by atoms with E-state index in [1.807, 2.05) is 0 Å². The molecule has 1 saturated heterocycles. The molecule has 1 aromatic carbocycles. The zero-order chi connectivity index (χ0) is 19.1. The summed E-state index contributed by atoms with van der Waals surface area (Å²) in [6.07, 6.45) is -3.59. The van der Waals surface area contributed by atoms with E-state index in [1.165, 1.54) is 35.3 Å². The molecular formula is C13H12F3N5O4S. The third-order valence-corrected chi connectivity index (χ3v) is 5.92. The van der Waals surface area contributed by atoms with E-state index >= 15 is 0 Å². The number of rotatable bonds is 4. The zero-order valence-electron chi connectivity index (χ0n) is 12.9. The maximum atomic E-state index is 13.1. The highest BCUT2D eigenvalue weighted by Gasteiger charge is 2.54. The van der Waals surface area contributed by atoms with Crippen molar-refractivity contribution >= 4 is 16.0 Å². The van der Waals surface area contributed by atoms with Gasteiger partial charge in [0.25, 0.3) is 0 Å². The second-order valence-electron chi connectivity index (χ2n) is 5.67. The molecule has 1 aliphatic heterocycles. The van der Waals surface area contributed by atoms with E-state index in [1.54, 1.807) is 0 Å². The van der Waals surface area contributed by atoms with Gasteiger partial charge in [-0.25, -0.2) is 13.1 Å². The Morgan fingerprint density at radius 3 is 2.54 bits per heavy atom.